The zero-order valence-corrected chi connectivity index (χ0v) is 11.9. The second-order valence-corrected chi connectivity index (χ2v) is 5.37. The molecule has 0 heterocycles. The van der Waals surface area contributed by atoms with Gasteiger partial charge in [0.2, 0.25) is 0 Å². The predicted molar refractivity (Wildman–Crippen MR) is 78.8 cm³/mol. The maximum Gasteiger partial charge on any atom is 0.288 e. The second kappa shape index (κ2) is 6.86. The van der Waals surface area contributed by atoms with Crippen molar-refractivity contribution in [2.45, 2.75) is 10.7 Å². The highest BCUT2D eigenvalue weighted by molar-refractivity contribution is 7.99. The summed E-state index contributed by atoms with van der Waals surface area (Å²) in [5.41, 5.74) is 2.40. The summed E-state index contributed by atoms with van der Waals surface area (Å²) in [6.45, 7) is 0. The van der Waals surface area contributed by atoms with Gasteiger partial charge in [0.05, 0.1) is 5.88 Å². The normalized spacial score (nSPS) is 10.8. The second-order valence-electron chi connectivity index (χ2n) is 4.04. The van der Waals surface area contributed by atoms with E-state index in [1.165, 1.54) is 0 Å². The minimum Gasteiger partial charge on any atom is -0.293 e. The van der Waals surface area contributed by atoms with Crippen LogP contribution < -0.4 is 0 Å². The quantitative estimate of drug-likeness (QED) is 0.434. The van der Waals surface area contributed by atoms with E-state index in [4.69, 9.17) is 11.6 Å². The molecule has 20 heavy (non-hydrogen) atoms. The number of halogens is 3. The van der Waals surface area contributed by atoms with Crippen LogP contribution in [0.3, 0.4) is 0 Å². The van der Waals surface area contributed by atoms with E-state index < -0.39 is 5.76 Å². The summed E-state index contributed by atoms with van der Waals surface area (Å²) in [6.07, 6.45) is 0. The van der Waals surface area contributed by atoms with E-state index in [1.54, 1.807) is 36.4 Å². The number of alkyl halides is 3. The molecule has 0 amide bonds. The molecule has 0 spiro atoms. The summed E-state index contributed by atoms with van der Waals surface area (Å²) >= 11 is 6.01. The first-order valence-corrected chi connectivity index (χ1v) is 7.26. The van der Waals surface area contributed by atoms with Gasteiger partial charge in [-0.3, -0.25) is 4.79 Å². The minimum atomic E-state index is -2.42. The third-order valence-corrected chi connectivity index (χ3v) is 3.71. The number of rotatable bonds is 5. The highest BCUT2D eigenvalue weighted by atomic mass is 35.5. The van der Waals surface area contributed by atoms with Crippen molar-refractivity contribution in [1.29, 1.82) is 0 Å². The summed E-state index contributed by atoms with van der Waals surface area (Å²) in [4.78, 5) is 11.9. The zero-order chi connectivity index (χ0) is 14.5. The van der Waals surface area contributed by atoms with E-state index in [9.17, 15) is 13.6 Å². The first-order valence-electron chi connectivity index (χ1n) is 5.84. The molecule has 0 N–H and O–H groups in total. The Bertz CT molecular complexity index is 582. The summed E-state index contributed by atoms with van der Waals surface area (Å²) in [7, 11) is 0. The number of ketones is 1. The van der Waals surface area contributed by atoms with Crippen LogP contribution in [0, 0.1) is 0 Å². The van der Waals surface area contributed by atoms with Gasteiger partial charge in [-0.2, -0.15) is 8.78 Å². The van der Waals surface area contributed by atoms with Gasteiger partial charge in [0, 0.05) is 10.5 Å². The Balaban J connectivity index is 2.17. The Morgan fingerprint density at radius 1 is 1.00 bits per heavy atom. The van der Waals surface area contributed by atoms with Crippen LogP contribution in [0.25, 0.3) is 11.1 Å². The summed E-state index contributed by atoms with van der Waals surface area (Å²) in [5, 5.41) is 0. The Morgan fingerprint density at radius 2 is 1.50 bits per heavy atom. The van der Waals surface area contributed by atoms with Gasteiger partial charge in [-0.15, -0.1) is 11.6 Å². The van der Waals surface area contributed by atoms with Gasteiger partial charge >= 0.3 is 0 Å². The van der Waals surface area contributed by atoms with Gasteiger partial charge in [-0.1, -0.05) is 48.2 Å². The van der Waals surface area contributed by atoms with E-state index in [0.29, 0.717) is 22.2 Å². The van der Waals surface area contributed by atoms with Gasteiger partial charge in [0.25, 0.3) is 5.76 Å². The number of hydrogen-bond acceptors (Lipinski definition) is 2. The molecule has 1 nitrogen and oxygen atoms in total. The molecule has 0 saturated heterocycles. The molecule has 0 saturated carbocycles. The molecule has 0 fully saturated rings. The molecule has 0 unspecified atom stereocenters. The van der Waals surface area contributed by atoms with Crippen LogP contribution in [0.1, 0.15) is 10.4 Å². The Hall–Kier alpha value is -1.39. The van der Waals surface area contributed by atoms with Crippen molar-refractivity contribution in [3.63, 3.8) is 0 Å². The lowest BCUT2D eigenvalue weighted by molar-refractivity contribution is 0.102. The van der Waals surface area contributed by atoms with Crippen LogP contribution in [0.5, 0.6) is 0 Å². The third kappa shape index (κ3) is 3.81. The number of hydrogen-bond donors (Lipinski definition) is 0. The monoisotopic (exact) mass is 312 g/mol. The van der Waals surface area contributed by atoms with Crippen molar-refractivity contribution in [3.05, 3.63) is 54.1 Å². The SMILES string of the molecule is O=C(CCl)c1ccc(-c2ccc(SC(F)F)cc2)cc1. The summed E-state index contributed by atoms with van der Waals surface area (Å²) in [6, 6.07) is 13.9. The first kappa shape index (κ1) is 15.0. The standard InChI is InChI=1S/C15H11ClF2OS/c16-9-14(19)12-3-1-10(2-4-12)11-5-7-13(8-6-11)20-15(17)18/h1-8,15H,9H2. The number of carbonyl (C=O) groups excluding carboxylic acids is 1. The van der Waals surface area contributed by atoms with Crippen LogP contribution in [0.15, 0.2) is 53.4 Å². The van der Waals surface area contributed by atoms with E-state index in [1.807, 2.05) is 12.1 Å². The fraction of sp³-hybridized carbons (Fsp3) is 0.133. The number of benzene rings is 2. The Labute approximate surface area is 125 Å². The number of carbonyl (C=O) groups is 1. The summed E-state index contributed by atoms with van der Waals surface area (Å²) < 4.78 is 24.4. The van der Waals surface area contributed by atoms with Gasteiger partial charge in [-0.05, 0) is 23.3 Å². The topological polar surface area (TPSA) is 17.1 Å². The smallest absolute Gasteiger partial charge is 0.288 e. The third-order valence-electron chi connectivity index (χ3n) is 2.74. The van der Waals surface area contributed by atoms with Gasteiger partial charge in [-0.25, -0.2) is 0 Å². The van der Waals surface area contributed by atoms with Gasteiger partial charge in [0.1, 0.15) is 0 Å². The minimum absolute atomic E-state index is 0.0428. The molecule has 2 rings (SSSR count). The van der Waals surface area contributed by atoms with Crippen molar-refractivity contribution in [2.24, 2.45) is 0 Å². The molecule has 2 aromatic carbocycles. The lowest BCUT2D eigenvalue weighted by Crippen LogP contribution is -1.99. The molecule has 0 atom stereocenters. The molecule has 0 bridgehead atoms. The van der Waals surface area contributed by atoms with Gasteiger partial charge < -0.3 is 0 Å². The maximum atomic E-state index is 12.2. The molecule has 0 radical (unpaired) electrons. The average Bonchev–Trinajstić information content (AvgIpc) is 2.47. The van der Waals surface area contributed by atoms with Gasteiger partial charge in [0.15, 0.2) is 5.78 Å². The van der Waals surface area contributed by atoms with Crippen molar-refractivity contribution in [2.75, 3.05) is 5.88 Å². The van der Waals surface area contributed by atoms with Crippen molar-refractivity contribution in [3.8, 4) is 11.1 Å². The molecule has 5 heteroatoms. The van der Waals surface area contributed by atoms with Crippen LogP contribution in [0.2, 0.25) is 0 Å². The largest absolute Gasteiger partial charge is 0.293 e. The average molecular weight is 313 g/mol. The number of thioether (sulfide) groups is 1. The van der Waals surface area contributed by atoms with Crippen molar-refractivity contribution < 1.29 is 13.6 Å². The highest BCUT2D eigenvalue weighted by Gasteiger charge is 2.06. The molecular formula is C15H11ClF2OS. The molecule has 2 aromatic rings. The van der Waals surface area contributed by atoms with Crippen molar-refractivity contribution in [1.82, 2.24) is 0 Å². The van der Waals surface area contributed by atoms with Crippen LogP contribution in [-0.2, 0) is 0 Å². The zero-order valence-electron chi connectivity index (χ0n) is 10.4. The molecular weight excluding hydrogens is 302 g/mol. The van der Waals surface area contributed by atoms with E-state index in [2.05, 4.69) is 0 Å². The Kier molecular flexibility index (Phi) is 5.15. The molecule has 0 aliphatic heterocycles. The highest BCUT2D eigenvalue weighted by Crippen LogP contribution is 2.28. The lowest BCUT2D eigenvalue weighted by Gasteiger charge is -2.05. The first-order chi connectivity index (χ1) is 9.60. The fourth-order valence-corrected chi connectivity index (χ4v) is 2.41. The molecule has 104 valence electrons. The predicted octanol–water partition coefficient (Wildman–Crippen LogP) is 5.09. The molecule has 0 aromatic heterocycles. The molecule has 0 aliphatic carbocycles. The van der Waals surface area contributed by atoms with Crippen LogP contribution >= 0.6 is 23.4 Å². The lowest BCUT2D eigenvalue weighted by atomic mass is 10.0. The Morgan fingerprint density at radius 3 is 1.95 bits per heavy atom. The number of Topliss-reactive ketones (excluding diaryl/α,β-unsaturated/α-hetero) is 1. The molecule has 0 aliphatic rings. The van der Waals surface area contributed by atoms with E-state index in [-0.39, 0.29) is 11.7 Å². The maximum absolute atomic E-state index is 12.2. The van der Waals surface area contributed by atoms with Crippen LogP contribution in [-0.4, -0.2) is 17.4 Å². The summed E-state index contributed by atoms with van der Waals surface area (Å²) in [5.74, 6) is -2.58. The van der Waals surface area contributed by atoms with E-state index in [0.717, 1.165) is 11.1 Å². The van der Waals surface area contributed by atoms with Crippen molar-refractivity contribution >= 4 is 29.1 Å². The van der Waals surface area contributed by atoms with E-state index >= 15 is 0 Å². The van der Waals surface area contributed by atoms with Crippen LogP contribution in [0.4, 0.5) is 8.78 Å². The fourth-order valence-electron chi connectivity index (χ4n) is 1.75.